The molecule has 128 valence electrons. The standard InChI is InChI=1S/C18H19F3N2O/c1-12-6-8-16(9-7-12)23-17(24)13(2)22-11-14-4-3-5-15(10-14)18(19,20)21/h3-10,13,22H,11H2,1-2H3,(H,23,24)/t13-/m0/s1. The second kappa shape index (κ2) is 7.49. The molecule has 2 aromatic rings. The highest BCUT2D eigenvalue weighted by Crippen LogP contribution is 2.29. The lowest BCUT2D eigenvalue weighted by Crippen LogP contribution is -2.37. The lowest BCUT2D eigenvalue weighted by molar-refractivity contribution is -0.137. The third-order valence-electron chi connectivity index (χ3n) is 3.58. The molecule has 0 aliphatic heterocycles. The number of alkyl halides is 3. The van der Waals surface area contributed by atoms with Crippen LogP contribution in [-0.4, -0.2) is 11.9 Å². The van der Waals surface area contributed by atoms with Crippen molar-refractivity contribution >= 4 is 11.6 Å². The molecule has 0 spiro atoms. The summed E-state index contributed by atoms with van der Waals surface area (Å²) in [5, 5.41) is 5.69. The molecule has 2 aromatic carbocycles. The molecule has 24 heavy (non-hydrogen) atoms. The monoisotopic (exact) mass is 336 g/mol. The van der Waals surface area contributed by atoms with E-state index in [4.69, 9.17) is 0 Å². The molecule has 6 heteroatoms. The first-order chi connectivity index (χ1) is 11.3. The minimum Gasteiger partial charge on any atom is -0.325 e. The van der Waals surface area contributed by atoms with E-state index < -0.39 is 17.8 Å². The molecule has 2 rings (SSSR count). The van der Waals surface area contributed by atoms with Gasteiger partial charge in [-0.05, 0) is 37.6 Å². The maximum absolute atomic E-state index is 12.7. The van der Waals surface area contributed by atoms with Crippen LogP contribution in [0.2, 0.25) is 0 Å². The number of benzene rings is 2. The Labute approximate surface area is 138 Å². The first-order valence-corrected chi connectivity index (χ1v) is 7.53. The fourth-order valence-electron chi connectivity index (χ4n) is 2.11. The van der Waals surface area contributed by atoms with Gasteiger partial charge in [-0.25, -0.2) is 0 Å². The number of carbonyl (C=O) groups is 1. The number of halogens is 3. The zero-order valence-corrected chi connectivity index (χ0v) is 13.4. The highest BCUT2D eigenvalue weighted by Gasteiger charge is 2.30. The molecule has 0 saturated heterocycles. The fourth-order valence-corrected chi connectivity index (χ4v) is 2.11. The predicted molar refractivity (Wildman–Crippen MR) is 87.6 cm³/mol. The van der Waals surface area contributed by atoms with Crippen LogP contribution in [0.4, 0.5) is 18.9 Å². The fraction of sp³-hybridized carbons (Fsp3) is 0.278. The highest BCUT2D eigenvalue weighted by atomic mass is 19.4. The minimum atomic E-state index is -4.37. The Morgan fingerprint density at radius 1 is 1.12 bits per heavy atom. The Kier molecular flexibility index (Phi) is 5.62. The van der Waals surface area contributed by atoms with E-state index in [-0.39, 0.29) is 12.5 Å². The molecule has 0 unspecified atom stereocenters. The number of hydrogen-bond acceptors (Lipinski definition) is 2. The zero-order valence-electron chi connectivity index (χ0n) is 13.4. The van der Waals surface area contributed by atoms with Gasteiger partial charge in [-0.3, -0.25) is 4.79 Å². The lowest BCUT2D eigenvalue weighted by Gasteiger charge is -2.15. The topological polar surface area (TPSA) is 41.1 Å². The Hall–Kier alpha value is -2.34. The Balaban J connectivity index is 1.91. The summed E-state index contributed by atoms with van der Waals surface area (Å²) in [5.74, 6) is -0.245. The molecule has 0 aromatic heterocycles. The van der Waals surface area contributed by atoms with Crippen LogP contribution in [0.25, 0.3) is 0 Å². The van der Waals surface area contributed by atoms with Gasteiger partial charge in [-0.15, -0.1) is 0 Å². The van der Waals surface area contributed by atoms with Crippen molar-refractivity contribution in [2.24, 2.45) is 0 Å². The summed E-state index contributed by atoms with van der Waals surface area (Å²) < 4.78 is 38.0. The second-order valence-corrected chi connectivity index (χ2v) is 5.66. The lowest BCUT2D eigenvalue weighted by atomic mass is 10.1. The largest absolute Gasteiger partial charge is 0.416 e. The van der Waals surface area contributed by atoms with Crippen LogP contribution in [0.5, 0.6) is 0 Å². The molecular formula is C18H19F3N2O. The van der Waals surface area contributed by atoms with E-state index in [2.05, 4.69) is 10.6 Å². The van der Waals surface area contributed by atoms with Crippen molar-refractivity contribution in [1.29, 1.82) is 0 Å². The summed E-state index contributed by atoms with van der Waals surface area (Å²) in [6.07, 6.45) is -4.37. The Morgan fingerprint density at radius 2 is 1.79 bits per heavy atom. The molecule has 0 radical (unpaired) electrons. The maximum Gasteiger partial charge on any atom is 0.416 e. The van der Waals surface area contributed by atoms with Crippen LogP contribution < -0.4 is 10.6 Å². The predicted octanol–water partition coefficient (Wildman–Crippen LogP) is 4.13. The third kappa shape index (κ3) is 5.09. The Bertz CT molecular complexity index is 696. The number of hydrogen-bond donors (Lipinski definition) is 2. The van der Waals surface area contributed by atoms with Gasteiger partial charge in [-0.2, -0.15) is 13.2 Å². The van der Waals surface area contributed by atoms with E-state index >= 15 is 0 Å². The molecule has 2 N–H and O–H groups in total. The number of amides is 1. The number of carbonyl (C=O) groups excluding carboxylic acids is 1. The van der Waals surface area contributed by atoms with E-state index in [0.717, 1.165) is 17.7 Å². The molecule has 0 aliphatic carbocycles. The van der Waals surface area contributed by atoms with Crippen LogP contribution in [0, 0.1) is 6.92 Å². The van der Waals surface area contributed by atoms with Gasteiger partial charge in [0.25, 0.3) is 0 Å². The van der Waals surface area contributed by atoms with Crippen LogP contribution in [0.3, 0.4) is 0 Å². The average Bonchev–Trinajstić information content (AvgIpc) is 2.54. The quantitative estimate of drug-likeness (QED) is 0.862. The van der Waals surface area contributed by atoms with Gasteiger partial charge in [0.05, 0.1) is 11.6 Å². The number of rotatable bonds is 5. The third-order valence-corrected chi connectivity index (χ3v) is 3.58. The summed E-state index contributed by atoms with van der Waals surface area (Å²) >= 11 is 0. The summed E-state index contributed by atoms with van der Waals surface area (Å²) in [6.45, 7) is 3.79. The van der Waals surface area contributed by atoms with Crippen molar-refractivity contribution in [3.05, 3.63) is 65.2 Å². The number of aryl methyl sites for hydroxylation is 1. The second-order valence-electron chi connectivity index (χ2n) is 5.66. The molecule has 0 heterocycles. The molecule has 0 aliphatic rings. The molecular weight excluding hydrogens is 317 g/mol. The number of anilines is 1. The van der Waals surface area contributed by atoms with Gasteiger partial charge >= 0.3 is 6.18 Å². The first-order valence-electron chi connectivity index (χ1n) is 7.53. The van der Waals surface area contributed by atoms with Crippen molar-refractivity contribution in [2.45, 2.75) is 32.6 Å². The van der Waals surface area contributed by atoms with Gasteiger partial charge in [0, 0.05) is 12.2 Å². The molecule has 0 saturated carbocycles. The van der Waals surface area contributed by atoms with E-state index in [1.54, 1.807) is 25.1 Å². The van der Waals surface area contributed by atoms with Crippen LogP contribution in [0.15, 0.2) is 48.5 Å². The zero-order chi connectivity index (χ0) is 17.7. The van der Waals surface area contributed by atoms with E-state index in [9.17, 15) is 18.0 Å². The molecule has 3 nitrogen and oxygen atoms in total. The average molecular weight is 336 g/mol. The smallest absolute Gasteiger partial charge is 0.325 e. The van der Waals surface area contributed by atoms with Crippen LogP contribution >= 0.6 is 0 Å². The van der Waals surface area contributed by atoms with Crippen molar-refractivity contribution in [3.63, 3.8) is 0 Å². The van der Waals surface area contributed by atoms with Gasteiger partial charge in [-0.1, -0.05) is 35.9 Å². The molecule has 0 fully saturated rings. The van der Waals surface area contributed by atoms with Crippen molar-refractivity contribution < 1.29 is 18.0 Å². The van der Waals surface area contributed by atoms with Crippen LogP contribution in [0.1, 0.15) is 23.6 Å². The normalized spacial score (nSPS) is 12.7. The maximum atomic E-state index is 12.7. The van der Waals surface area contributed by atoms with Gasteiger partial charge in [0.1, 0.15) is 0 Å². The molecule has 1 atom stereocenters. The minimum absolute atomic E-state index is 0.173. The SMILES string of the molecule is Cc1ccc(NC(=O)[C@H](C)NCc2cccc(C(F)(F)F)c2)cc1. The first kappa shape index (κ1) is 18.0. The van der Waals surface area contributed by atoms with Crippen molar-refractivity contribution in [1.82, 2.24) is 5.32 Å². The number of nitrogens with one attached hydrogen (secondary N) is 2. The van der Waals surface area contributed by atoms with E-state index in [1.165, 1.54) is 6.07 Å². The molecule has 1 amide bonds. The van der Waals surface area contributed by atoms with Gasteiger partial charge < -0.3 is 10.6 Å². The van der Waals surface area contributed by atoms with E-state index in [0.29, 0.717) is 11.3 Å². The van der Waals surface area contributed by atoms with Crippen LogP contribution in [-0.2, 0) is 17.5 Å². The van der Waals surface area contributed by atoms with Gasteiger partial charge in [0.15, 0.2) is 0 Å². The summed E-state index contributed by atoms with van der Waals surface area (Å²) in [7, 11) is 0. The van der Waals surface area contributed by atoms with Crippen molar-refractivity contribution in [3.8, 4) is 0 Å². The summed E-state index contributed by atoms with van der Waals surface area (Å²) in [6, 6.07) is 11.9. The highest BCUT2D eigenvalue weighted by molar-refractivity contribution is 5.94. The van der Waals surface area contributed by atoms with E-state index in [1.807, 2.05) is 19.1 Å². The molecule has 0 bridgehead atoms. The summed E-state index contributed by atoms with van der Waals surface area (Å²) in [4.78, 5) is 12.1. The Morgan fingerprint density at radius 3 is 2.42 bits per heavy atom. The van der Waals surface area contributed by atoms with Gasteiger partial charge in [0.2, 0.25) is 5.91 Å². The van der Waals surface area contributed by atoms with Crippen molar-refractivity contribution in [2.75, 3.05) is 5.32 Å². The summed E-state index contributed by atoms with van der Waals surface area (Å²) in [5.41, 5.74) is 1.54.